The molecule has 0 aromatic carbocycles. The number of rotatable bonds is 9. The van der Waals surface area contributed by atoms with Crippen LogP contribution in [0.5, 0.6) is 0 Å². The van der Waals surface area contributed by atoms with Crippen LogP contribution in [0.1, 0.15) is 38.3 Å². The van der Waals surface area contributed by atoms with Crippen LogP contribution in [-0.4, -0.2) is 38.3 Å². The van der Waals surface area contributed by atoms with E-state index in [1.165, 1.54) is 18.4 Å². The number of anilines is 1. The SMILES string of the molecule is CCNC(C)c1cccnc1N(C)CCOCC1CC1. The van der Waals surface area contributed by atoms with Gasteiger partial charge in [0.1, 0.15) is 5.82 Å². The highest BCUT2D eigenvalue weighted by Crippen LogP contribution is 2.28. The Morgan fingerprint density at radius 3 is 3.00 bits per heavy atom. The van der Waals surface area contributed by atoms with Gasteiger partial charge < -0.3 is 15.0 Å². The molecule has 0 amide bonds. The fourth-order valence-electron chi connectivity index (χ4n) is 2.32. The molecular weight excluding hydrogens is 250 g/mol. The zero-order valence-corrected chi connectivity index (χ0v) is 12.9. The van der Waals surface area contributed by atoms with Crippen LogP contribution in [0.2, 0.25) is 0 Å². The first kappa shape index (κ1) is 15.3. The van der Waals surface area contributed by atoms with Crippen LogP contribution in [0.15, 0.2) is 18.3 Å². The highest BCUT2D eigenvalue weighted by Gasteiger charge is 2.21. The molecule has 0 saturated heterocycles. The van der Waals surface area contributed by atoms with Crippen molar-refractivity contribution >= 4 is 5.82 Å². The molecule has 1 aromatic heterocycles. The van der Waals surface area contributed by atoms with Crippen LogP contribution in [0.4, 0.5) is 5.82 Å². The van der Waals surface area contributed by atoms with Gasteiger partial charge in [0.15, 0.2) is 0 Å². The summed E-state index contributed by atoms with van der Waals surface area (Å²) in [5.74, 6) is 1.88. The predicted octanol–water partition coefficient (Wildman–Crippen LogP) is 2.61. The van der Waals surface area contributed by atoms with Gasteiger partial charge in [-0.3, -0.25) is 0 Å². The van der Waals surface area contributed by atoms with Crippen molar-refractivity contribution < 1.29 is 4.74 Å². The number of aromatic nitrogens is 1. The maximum absolute atomic E-state index is 5.71. The molecule has 1 saturated carbocycles. The van der Waals surface area contributed by atoms with Crippen molar-refractivity contribution in [2.75, 3.05) is 38.3 Å². The standard InChI is InChI=1S/C16H27N3O/c1-4-17-13(2)15-6-5-9-18-16(15)19(3)10-11-20-12-14-7-8-14/h5-6,9,13-14,17H,4,7-8,10-12H2,1-3H3. The van der Waals surface area contributed by atoms with E-state index in [4.69, 9.17) is 4.74 Å². The molecule has 0 spiro atoms. The van der Waals surface area contributed by atoms with E-state index in [9.17, 15) is 0 Å². The molecule has 1 aromatic rings. The van der Waals surface area contributed by atoms with E-state index in [0.717, 1.165) is 38.0 Å². The lowest BCUT2D eigenvalue weighted by Crippen LogP contribution is -2.27. The van der Waals surface area contributed by atoms with Crippen LogP contribution in [-0.2, 0) is 4.74 Å². The fourth-order valence-corrected chi connectivity index (χ4v) is 2.32. The molecule has 1 atom stereocenters. The Kier molecular flexibility index (Phi) is 5.80. The van der Waals surface area contributed by atoms with Gasteiger partial charge in [-0.2, -0.15) is 0 Å². The molecule has 1 N–H and O–H groups in total. The van der Waals surface area contributed by atoms with E-state index in [0.29, 0.717) is 6.04 Å². The summed E-state index contributed by atoms with van der Waals surface area (Å²) in [5, 5.41) is 3.45. The maximum atomic E-state index is 5.71. The summed E-state index contributed by atoms with van der Waals surface area (Å²) >= 11 is 0. The highest BCUT2D eigenvalue weighted by atomic mass is 16.5. The number of ether oxygens (including phenoxy) is 1. The van der Waals surface area contributed by atoms with E-state index in [1.54, 1.807) is 0 Å². The van der Waals surface area contributed by atoms with Gasteiger partial charge in [0, 0.05) is 38.0 Å². The third-order valence-electron chi connectivity index (χ3n) is 3.78. The Morgan fingerprint density at radius 1 is 1.50 bits per heavy atom. The summed E-state index contributed by atoms with van der Waals surface area (Å²) in [4.78, 5) is 6.73. The molecule has 0 bridgehead atoms. The summed E-state index contributed by atoms with van der Waals surface area (Å²) in [7, 11) is 2.09. The third kappa shape index (κ3) is 4.46. The van der Waals surface area contributed by atoms with Crippen molar-refractivity contribution in [2.24, 2.45) is 5.92 Å². The second kappa shape index (κ2) is 7.60. The zero-order chi connectivity index (χ0) is 14.4. The Bertz CT molecular complexity index is 406. The lowest BCUT2D eigenvalue weighted by molar-refractivity contribution is 0.130. The number of likely N-dealkylation sites (N-methyl/N-ethyl adjacent to an activating group) is 1. The number of hydrogen-bond donors (Lipinski definition) is 1. The van der Waals surface area contributed by atoms with Gasteiger partial charge in [-0.1, -0.05) is 13.0 Å². The molecule has 20 heavy (non-hydrogen) atoms. The molecular formula is C16H27N3O. The molecule has 1 unspecified atom stereocenters. The summed E-state index contributed by atoms with van der Waals surface area (Å²) < 4.78 is 5.71. The molecule has 112 valence electrons. The highest BCUT2D eigenvalue weighted by molar-refractivity contribution is 5.47. The number of pyridine rings is 1. The molecule has 0 aliphatic heterocycles. The van der Waals surface area contributed by atoms with Crippen LogP contribution in [0.3, 0.4) is 0 Å². The number of nitrogens with one attached hydrogen (secondary N) is 1. The van der Waals surface area contributed by atoms with Crippen LogP contribution in [0, 0.1) is 5.92 Å². The molecule has 1 fully saturated rings. The summed E-state index contributed by atoms with van der Waals surface area (Å²) in [6.07, 6.45) is 4.56. The molecule has 0 radical (unpaired) electrons. The topological polar surface area (TPSA) is 37.4 Å². The van der Waals surface area contributed by atoms with Gasteiger partial charge in [0.25, 0.3) is 0 Å². The summed E-state index contributed by atoms with van der Waals surface area (Å²) in [5.41, 5.74) is 1.25. The van der Waals surface area contributed by atoms with Crippen LogP contribution in [0.25, 0.3) is 0 Å². The zero-order valence-electron chi connectivity index (χ0n) is 12.9. The molecule has 4 heteroatoms. The van der Waals surface area contributed by atoms with E-state index >= 15 is 0 Å². The quantitative estimate of drug-likeness (QED) is 0.704. The van der Waals surface area contributed by atoms with Crippen LogP contribution >= 0.6 is 0 Å². The number of hydrogen-bond acceptors (Lipinski definition) is 4. The van der Waals surface area contributed by atoms with Gasteiger partial charge in [-0.25, -0.2) is 4.98 Å². The van der Waals surface area contributed by atoms with Gasteiger partial charge in [0.05, 0.1) is 6.61 Å². The van der Waals surface area contributed by atoms with E-state index in [2.05, 4.69) is 42.2 Å². The Labute approximate surface area is 122 Å². The van der Waals surface area contributed by atoms with Gasteiger partial charge >= 0.3 is 0 Å². The lowest BCUT2D eigenvalue weighted by atomic mass is 10.1. The monoisotopic (exact) mass is 277 g/mol. The molecule has 1 heterocycles. The van der Waals surface area contributed by atoms with Crippen molar-refractivity contribution in [2.45, 2.75) is 32.7 Å². The predicted molar refractivity (Wildman–Crippen MR) is 83.1 cm³/mol. The minimum atomic E-state index is 0.318. The van der Waals surface area contributed by atoms with Crippen molar-refractivity contribution in [3.05, 3.63) is 23.9 Å². The minimum absolute atomic E-state index is 0.318. The van der Waals surface area contributed by atoms with Crippen molar-refractivity contribution in [3.63, 3.8) is 0 Å². The van der Waals surface area contributed by atoms with Gasteiger partial charge in [0.2, 0.25) is 0 Å². The molecule has 1 aliphatic rings. The average molecular weight is 277 g/mol. The van der Waals surface area contributed by atoms with E-state index in [1.807, 2.05) is 12.3 Å². The third-order valence-corrected chi connectivity index (χ3v) is 3.78. The Balaban J connectivity index is 1.88. The normalized spacial score (nSPS) is 16.1. The van der Waals surface area contributed by atoms with E-state index in [-0.39, 0.29) is 0 Å². The first-order valence-corrected chi connectivity index (χ1v) is 7.69. The van der Waals surface area contributed by atoms with Gasteiger partial charge in [-0.15, -0.1) is 0 Å². The smallest absolute Gasteiger partial charge is 0.133 e. The van der Waals surface area contributed by atoms with Crippen molar-refractivity contribution in [1.82, 2.24) is 10.3 Å². The minimum Gasteiger partial charge on any atom is -0.379 e. The maximum Gasteiger partial charge on any atom is 0.133 e. The Hall–Kier alpha value is -1.13. The van der Waals surface area contributed by atoms with E-state index < -0.39 is 0 Å². The lowest BCUT2D eigenvalue weighted by Gasteiger charge is -2.24. The first-order valence-electron chi connectivity index (χ1n) is 7.69. The molecule has 1 aliphatic carbocycles. The second-order valence-corrected chi connectivity index (χ2v) is 5.64. The average Bonchev–Trinajstić information content (AvgIpc) is 3.28. The largest absolute Gasteiger partial charge is 0.379 e. The van der Waals surface area contributed by atoms with Crippen molar-refractivity contribution in [3.8, 4) is 0 Å². The molecule has 2 rings (SSSR count). The Morgan fingerprint density at radius 2 is 2.30 bits per heavy atom. The fraction of sp³-hybridized carbons (Fsp3) is 0.688. The molecule has 4 nitrogen and oxygen atoms in total. The number of nitrogens with zero attached hydrogens (tertiary/aromatic N) is 2. The van der Waals surface area contributed by atoms with Crippen molar-refractivity contribution in [1.29, 1.82) is 0 Å². The van der Waals surface area contributed by atoms with Crippen LogP contribution < -0.4 is 10.2 Å². The summed E-state index contributed by atoms with van der Waals surface area (Å²) in [6, 6.07) is 4.47. The first-order chi connectivity index (χ1) is 9.72. The summed E-state index contributed by atoms with van der Waals surface area (Å²) in [6.45, 7) is 7.86. The second-order valence-electron chi connectivity index (χ2n) is 5.64. The van der Waals surface area contributed by atoms with Gasteiger partial charge in [-0.05, 0) is 38.3 Å².